The SMILES string of the molecule is Nc1cc(F)c(Cl)cc1NCC1CCCCC1CO. The number of benzene rings is 1. The van der Waals surface area contributed by atoms with E-state index in [4.69, 9.17) is 17.3 Å². The molecule has 0 saturated heterocycles. The molecule has 0 aliphatic heterocycles. The van der Waals surface area contributed by atoms with Gasteiger partial charge in [-0.2, -0.15) is 0 Å². The highest BCUT2D eigenvalue weighted by Gasteiger charge is 2.24. The quantitative estimate of drug-likeness (QED) is 0.745. The van der Waals surface area contributed by atoms with E-state index in [-0.39, 0.29) is 11.6 Å². The number of rotatable bonds is 4. The van der Waals surface area contributed by atoms with E-state index >= 15 is 0 Å². The van der Waals surface area contributed by atoms with E-state index in [9.17, 15) is 9.50 Å². The van der Waals surface area contributed by atoms with Gasteiger partial charge in [-0.05, 0) is 30.7 Å². The molecule has 1 aromatic rings. The highest BCUT2D eigenvalue weighted by Crippen LogP contribution is 2.31. The van der Waals surface area contributed by atoms with Gasteiger partial charge in [-0.25, -0.2) is 4.39 Å². The van der Waals surface area contributed by atoms with Crippen LogP contribution in [0.4, 0.5) is 15.8 Å². The molecule has 0 heterocycles. The van der Waals surface area contributed by atoms with E-state index in [2.05, 4.69) is 5.32 Å². The standard InChI is InChI=1S/C14H20ClFN2O/c15-11-5-14(13(17)6-12(11)16)18-7-9-3-1-2-4-10(9)8-19/h5-6,9-10,18-19H,1-4,7-8,17H2. The van der Waals surface area contributed by atoms with Crippen molar-refractivity contribution in [2.24, 2.45) is 11.8 Å². The van der Waals surface area contributed by atoms with Crippen molar-refractivity contribution < 1.29 is 9.50 Å². The van der Waals surface area contributed by atoms with Crippen LogP contribution in [0.15, 0.2) is 12.1 Å². The summed E-state index contributed by atoms with van der Waals surface area (Å²) in [4.78, 5) is 0. The maximum atomic E-state index is 13.2. The Morgan fingerprint density at radius 2 is 2.00 bits per heavy atom. The van der Waals surface area contributed by atoms with Crippen LogP contribution in [0.5, 0.6) is 0 Å². The van der Waals surface area contributed by atoms with Crippen LogP contribution in [0.25, 0.3) is 0 Å². The highest BCUT2D eigenvalue weighted by molar-refractivity contribution is 6.31. The van der Waals surface area contributed by atoms with Crippen LogP contribution >= 0.6 is 11.6 Å². The molecule has 1 fully saturated rings. The Bertz CT molecular complexity index is 442. The summed E-state index contributed by atoms with van der Waals surface area (Å²) in [5, 5.41) is 12.7. The molecule has 3 nitrogen and oxygen atoms in total. The van der Waals surface area contributed by atoms with Gasteiger partial charge in [0, 0.05) is 19.2 Å². The second-order valence-corrected chi connectivity index (χ2v) is 5.63. The van der Waals surface area contributed by atoms with Crippen LogP contribution in [0.2, 0.25) is 5.02 Å². The van der Waals surface area contributed by atoms with Gasteiger partial charge >= 0.3 is 0 Å². The Balaban J connectivity index is 1.99. The van der Waals surface area contributed by atoms with E-state index < -0.39 is 5.82 Å². The van der Waals surface area contributed by atoms with Crippen molar-refractivity contribution in [3.05, 3.63) is 23.0 Å². The van der Waals surface area contributed by atoms with Crippen LogP contribution < -0.4 is 11.1 Å². The summed E-state index contributed by atoms with van der Waals surface area (Å²) in [5.74, 6) is 0.274. The average Bonchev–Trinajstić information content (AvgIpc) is 2.41. The molecule has 1 aliphatic rings. The number of hydrogen-bond acceptors (Lipinski definition) is 3. The molecule has 2 atom stereocenters. The van der Waals surface area contributed by atoms with Gasteiger partial charge in [-0.1, -0.05) is 24.4 Å². The topological polar surface area (TPSA) is 58.3 Å². The lowest BCUT2D eigenvalue weighted by Crippen LogP contribution is -2.28. The molecule has 2 unspecified atom stereocenters. The number of aliphatic hydroxyl groups excluding tert-OH is 1. The minimum Gasteiger partial charge on any atom is -0.397 e. The molecule has 0 aromatic heterocycles. The summed E-state index contributed by atoms with van der Waals surface area (Å²) in [5.41, 5.74) is 6.78. The first-order valence-corrected chi connectivity index (χ1v) is 7.09. The van der Waals surface area contributed by atoms with Crippen molar-refractivity contribution in [2.45, 2.75) is 25.7 Å². The Morgan fingerprint density at radius 1 is 1.32 bits per heavy atom. The summed E-state index contributed by atoms with van der Waals surface area (Å²) in [7, 11) is 0. The molecule has 0 spiro atoms. The molecule has 1 aliphatic carbocycles. The zero-order valence-corrected chi connectivity index (χ0v) is 11.6. The van der Waals surface area contributed by atoms with E-state index in [1.807, 2.05) is 0 Å². The average molecular weight is 287 g/mol. The molecular formula is C14H20ClFN2O. The number of nitrogen functional groups attached to an aromatic ring is 1. The van der Waals surface area contributed by atoms with Gasteiger partial charge in [0.1, 0.15) is 5.82 Å². The van der Waals surface area contributed by atoms with E-state index in [0.717, 1.165) is 19.4 Å². The van der Waals surface area contributed by atoms with Gasteiger partial charge in [-0.3, -0.25) is 0 Å². The largest absolute Gasteiger partial charge is 0.397 e. The third kappa shape index (κ3) is 3.51. The van der Waals surface area contributed by atoms with Crippen molar-refractivity contribution in [1.82, 2.24) is 0 Å². The summed E-state index contributed by atoms with van der Waals surface area (Å²) < 4.78 is 13.2. The van der Waals surface area contributed by atoms with Gasteiger partial charge in [0.15, 0.2) is 0 Å². The van der Waals surface area contributed by atoms with Crippen LogP contribution in [0.3, 0.4) is 0 Å². The first-order valence-electron chi connectivity index (χ1n) is 6.71. The maximum Gasteiger partial charge on any atom is 0.143 e. The highest BCUT2D eigenvalue weighted by atomic mass is 35.5. The Kier molecular flexibility index (Phi) is 4.88. The van der Waals surface area contributed by atoms with Crippen molar-refractivity contribution in [1.29, 1.82) is 0 Å². The smallest absolute Gasteiger partial charge is 0.143 e. The Morgan fingerprint density at radius 3 is 2.68 bits per heavy atom. The summed E-state index contributed by atoms with van der Waals surface area (Å²) in [6.45, 7) is 0.962. The van der Waals surface area contributed by atoms with Crippen LogP contribution in [-0.4, -0.2) is 18.3 Å². The molecule has 0 radical (unpaired) electrons. The second kappa shape index (κ2) is 6.44. The first kappa shape index (κ1) is 14.4. The molecule has 2 rings (SSSR count). The predicted molar refractivity (Wildman–Crippen MR) is 76.8 cm³/mol. The van der Waals surface area contributed by atoms with Gasteiger partial charge in [0.05, 0.1) is 16.4 Å². The molecule has 19 heavy (non-hydrogen) atoms. The lowest BCUT2D eigenvalue weighted by atomic mass is 9.79. The third-order valence-corrected chi connectivity index (χ3v) is 4.24. The van der Waals surface area contributed by atoms with E-state index in [1.54, 1.807) is 0 Å². The lowest BCUT2D eigenvalue weighted by molar-refractivity contribution is 0.141. The Hall–Kier alpha value is -1.00. The number of aliphatic hydroxyl groups is 1. The minimum atomic E-state index is -0.504. The number of nitrogens with two attached hydrogens (primary N) is 1. The molecule has 0 bridgehead atoms. The van der Waals surface area contributed by atoms with Crippen molar-refractivity contribution >= 4 is 23.0 Å². The monoisotopic (exact) mass is 286 g/mol. The zero-order chi connectivity index (χ0) is 13.8. The zero-order valence-electron chi connectivity index (χ0n) is 10.8. The van der Waals surface area contributed by atoms with Gasteiger partial charge in [0.25, 0.3) is 0 Å². The summed E-state index contributed by atoms with van der Waals surface area (Å²) in [6.07, 6.45) is 4.56. The third-order valence-electron chi connectivity index (χ3n) is 3.95. The summed E-state index contributed by atoms with van der Waals surface area (Å²) >= 11 is 5.75. The second-order valence-electron chi connectivity index (χ2n) is 5.22. The fraction of sp³-hybridized carbons (Fsp3) is 0.571. The number of hydrogen-bond donors (Lipinski definition) is 3. The molecule has 5 heteroatoms. The van der Waals surface area contributed by atoms with Crippen molar-refractivity contribution in [2.75, 3.05) is 24.2 Å². The molecule has 0 amide bonds. The van der Waals surface area contributed by atoms with Crippen LogP contribution in [0, 0.1) is 17.7 Å². The molecular weight excluding hydrogens is 267 g/mol. The molecule has 1 saturated carbocycles. The Labute approximate surface area is 117 Å². The van der Waals surface area contributed by atoms with Gasteiger partial charge in [-0.15, -0.1) is 0 Å². The van der Waals surface area contributed by atoms with Crippen LogP contribution in [0.1, 0.15) is 25.7 Å². The predicted octanol–water partition coefficient (Wildman–Crippen LogP) is 3.27. The van der Waals surface area contributed by atoms with E-state index in [0.29, 0.717) is 23.2 Å². The van der Waals surface area contributed by atoms with Crippen molar-refractivity contribution in [3.8, 4) is 0 Å². The van der Waals surface area contributed by atoms with E-state index in [1.165, 1.54) is 25.0 Å². The fourth-order valence-corrected chi connectivity index (χ4v) is 2.91. The maximum absolute atomic E-state index is 13.2. The number of halogens is 2. The molecule has 4 N–H and O–H groups in total. The van der Waals surface area contributed by atoms with Gasteiger partial charge < -0.3 is 16.2 Å². The van der Waals surface area contributed by atoms with Crippen molar-refractivity contribution in [3.63, 3.8) is 0 Å². The summed E-state index contributed by atoms with van der Waals surface area (Å²) in [6, 6.07) is 2.75. The normalized spacial score (nSPS) is 23.3. The lowest BCUT2D eigenvalue weighted by Gasteiger charge is -2.30. The van der Waals surface area contributed by atoms with Gasteiger partial charge in [0.2, 0.25) is 0 Å². The number of nitrogens with one attached hydrogen (secondary N) is 1. The van der Waals surface area contributed by atoms with Crippen LogP contribution in [-0.2, 0) is 0 Å². The molecule has 106 valence electrons. The molecule has 1 aromatic carbocycles. The minimum absolute atomic E-state index is 0.0686. The number of anilines is 2. The fourth-order valence-electron chi connectivity index (χ4n) is 2.75. The first-order chi connectivity index (χ1) is 9.11.